The highest BCUT2D eigenvalue weighted by Crippen LogP contribution is 2.14. The van der Waals surface area contributed by atoms with Crippen LogP contribution in [0.4, 0.5) is 0 Å². The van der Waals surface area contributed by atoms with Crippen LogP contribution in [0.2, 0.25) is 0 Å². The Balaban J connectivity index is 2.26. The lowest BCUT2D eigenvalue weighted by atomic mass is 10.2. The molecule has 0 aliphatic heterocycles. The first-order chi connectivity index (χ1) is 8.02. The molecule has 0 fully saturated rings. The number of amides is 1. The average Bonchev–Trinajstić information content (AvgIpc) is 2.80. The predicted octanol–water partition coefficient (Wildman–Crippen LogP) is 1.24. The summed E-state index contributed by atoms with van der Waals surface area (Å²) in [6, 6.07) is 2.09. The number of likely N-dealkylation sites (N-methyl/N-ethyl adjacent to an activating group) is 1. The molecule has 1 amide bonds. The average molecular weight is 256 g/mol. The number of carbonyl (C=O) groups excluding carboxylic acids is 1. The Labute approximate surface area is 106 Å². The third-order valence-electron chi connectivity index (χ3n) is 2.71. The van der Waals surface area contributed by atoms with Crippen molar-refractivity contribution in [2.45, 2.75) is 26.0 Å². The molecule has 17 heavy (non-hydrogen) atoms. The van der Waals surface area contributed by atoms with Gasteiger partial charge in [0.1, 0.15) is 0 Å². The van der Waals surface area contributed by atoms with Crippen molar-refractivity contribution >= 4 is 17.2 Å². The van der Waals surface area contributed by atoms with Gasteiger partial charge in [0.05, 0.1) is 12.6 Å². The summed E-state index contributed by atoms with van der Waals surface area (Å²) in [6.07, 6.45) is -0.543. The number of carbonyl (C=O) groups is 1. The minimum Gasteiger partial charge on any atom is -0.387 e. The number of rotatable bonds is 6. The van der Waals surface area contributed by atoms with Gasteiger partial charge in [-0.3, -0.25) is 4.79 Å². The SMILES string of the molecule is CC(C)N(C)C(=O)CNCC(O)c1ccsc1. The monoisotopic (exact) mass is 256 g/mol. The first-order valence-corrected chi connectivity index (χ1v) is 6.63. The topological polar surface area (TPSA) is 52.6 Å². The summed E-state index contributed by atoms with van der Waals surface area (Å²) in [5, 5.41) is 16.6. The normalized spacial score (nSPS) is 12.8. The first kappa shape index (κ1) is 14.2. The highest BCUT2D eigenvalue weighted by Gasteiger charge is 2.12. The van der Waals surface area contributed by atoms with E-state index in [9.17, 15) is 9.90 Å². The maximum Gasteiger partial charge on any atom is 0.236 e. The summed E-state index contributed by atoms with van der Waals surface area (Å²) in [4.78, 5) is 13.3. The lowest BCUT2D eigenvalue weighted by Gasteiger charge is -2.22. The number of aliphatic hydroxyl groups is 1. The smallest absolute Gasteiger partial charge is 0.236 e. The van der Waals surface area contributed by atoms with Gasteiger partial charge in [-0.05, 0) is 36.2 Å². The quantitative estimate of drug-likeness (QED) is 0.805. The fraction of sp³-hybridized carbons (Fsp3) is 0.583. The standard InChI is InChI=1S/C12H20N2O2S/c1-9(2)14(3)12(16)7-13-6-11(15)10-4-5-17-8-10/h4-5,8-9,11,13,15H,6-7H2,1-3H3. The van der Waals surface area contributed by atoms with E-state index in [0.717, 1.165) is 5.56 Å². The highest BCUT2D eigenvalue weighted by molar-refractivity contribution is 7.07. The van der Waals surface area contributed by atoms with Crippen LogP contribution in [-0.4, -0.2) is 42.1 Å². The zero-order chi connectivity index (χ0) is 12.8. The number of hydrogen-bond acceptors (Lipinski definition) is 4. The maximum atomic E-state index is 11.6. The van der Waals surface area contributed by atoms with Crippen LogP contribution in [-0.2, 0) is 4.79 Å². The highest BCUT2D eigenvalue weighted by atomic mass is 32.1. The molecule has 0 aliphatic rings. The Kier molecular flexibility index (Phi) is 5.61. The van der Waals surface area contributed by atoms with Gasteiger partial charge in [0.25, 0.3) is 0 Å². The molecule has 2 N–H and O–H groups in total. The van der Waals surface area contributed by atoms with E-state index < -0.39 is 6.10 Å². The van der Waals surface area contributed by atoms with Crippen LogP contribution in [0.5, 0.6) is 0 Å². The first-order valence-electron chi connectivity index (χ1n) is 5.69. The van der Waals surface area contributed by atoms with Gasteiger partial charge in [0.15, 0.2) is 0 Å². The van der Waals surface area contributed by atoms with Crippen molar-refractivity contribution in [1.82, 2.24) is 10.2 Å². The van der Waals surface area contributed by atoms with E-state index in [1.807, 2.05) is 30.7 Å². The van der Waals surface area contributed by atoms with Crippen molar-refractivity contribution < 1.29 is 9.90 Å². The third-order valence-corrected chi connectivity index (χ3v) is 3.41. The summed E-state index contributed by atoms with van der Waals surface area (Å²) < 4.78 is 0. The fourth-order valence-electron chi connectivity index (χ4n) is 1.31. The molecule has 0 aliphatic carbocycles. The molecule has 0 spiro atoms. The van der Waals surface area contributed by atoms with E-state index in [1.165, 1.54) is 0 Å². The molecule has 1 aromatic rings. The van der Waals surface area contributed by atoms with Crippen molar-refractivity contribution in [3.8, 4) is 0 Å². The summed E-state index contributed by atoms with van der Waals surface area (Å²) >= 11 is 1.55. The van der Waals surface area contributed by atoms with Crippen LogP contribution in [0.15, 0.2) is 16.8 Å². The van der Waals surface area contributed by atoms with Gasteiger partial charge < -0.3 is 15.3 Å². The van der Waals surface area contributed by atoms with Crippen molar-refractivity contribution in [3.63, 3.8) is 0 Å². The van der Waals surface area contributed by atoms with Crippen LogP contribution in [0, 0.1) is 0 Å². The lowest BCUT2D eigenvalue weighted by molar-refractivity contribution is -0.130. The molecule has 0 saturated heterocycles. The molecule has 1 rings (SSSR count). The Morgan fingerprint density at radius 1 is 1.59 bits per heavy atom. The second-order valence-corrected chi connectivity index (χ2v) is 5.08. The van der Waals surface area contributed by atoms with Gasteiger partial charge in [-0.15, -0.1) is 0 Å². The molecule has 96 valence electrons. The van der Waals surface area contributed by atoms with Crippen molar-refractivity contribution in [1.29, 1.82) is 0 Å². The minimum atomic E-state index is -0.543. The largest absolute Gasteiger partial charge is 0.387 e. The lowest BCUT2D eigenvalue weighted by Crippen LogP contribution is -2.40. The van der Waals surface area contributed by atoms with Crippen molar-refractivity contribution in [2.24, 2.45) is 0 Å². The van der Waals surface area contributed by atoms with Gasteiger partial charge in [0, 0.05) is 19.6 Å². The van der Waals surface area contributed by atoms with E-state index >= 15 is 0 Å². The zero-order valence-corrected chi connectivity index (χ0v) is 11.3. The van der Waals surface area contributed by atoms with Crippen molar-refractivity contribution in [3.05, 3.63) is 22.4 Å². The zero-order valence-electron chi connectivity index (χ0n) is 10.5. The molecule has 0 saturated carbocycles. The molecular formula is C12H20N2O2S. The van der Waals surface area contributed by atoms with Crippen molar-refractivity contribution in [2.75, 3.05) is 20.1 Å². The van der Waals surface area contributed by atoms with E-state index in [1.54, 1.807) is 23.3 Å². The van der Waals surface area contributed by atoms with Gasteiger partial charge in [0.2, 0.25) is 5.91 Å². The van der Waals surface area contributed by atoms with Crippen LogP contribution in [0.1, 0.15) is 25.5 Å². The Bertz CT molecular complexity index is 338. The molecule has 1 unspecified atom stereocenters. The second kappa shape index (κ2) is 6.74. The number of nitrogens with one attached hydrogen (secondary N) is 1. The Hall–Kier alpha value is -0.910. The number of aliphatic hydroxyl groups excluding tert-OH is 1. The predicted molar refractivity (Wildman–Crippen MR) is 70.1 cm³/mol. The second-order valence-electron chi connectivity index (χ2n) is 4.30. The number of nitrogens with zero attached hydrogens (tertiary/aromatic N) is 1. The number of thiophene rings is 1. The van der Waals surface area contributed by atoms with Crippen LogP contribution in [0.3, 0.4) is 0 Å². The van der Waals surface area contributed by atoms with Crippen LogP contribution >= 0.6 is 11.3 Å². The van der Waals surface area contributed by atoms with Gasteiger partial charge in [-0.2, -0.15) is 11.3 Å². The Morgan fingerprint density at radius 3 is 2.82 bits per heavy atom. The molecule has 1 atom stereocenters. The molecule has 5 heteroatoms. The van der Waals surface area contributed by atoms with Gasteiger partial charge in [-0.25, -0.2) is 0 Å². The summed E-state index contributed by atoms with van der Waals surface area (Å²) in [6.45, 7) is 4.60. The summed E-state index contributed by atoms with van der Waals surface area (Å²) in [5.74, 6) is 0.0394. The van der Waals surface area contributed by atoms with Gasteiger partial charge in [-0.1, -0.05) is 0 Å². The minimum absolute atomic E-state index is 0.0394. The molecular weight excluding hydrogens is 236 g/mol. The van der Waals surface area contributed by atoms with E-state index in [0.29, 0.717) is 6.54 Å². The fourth-order valence-corrected chi connectivity index (χ4v) is 2.02. The van der Waals surface area contributed by atoms with Crippen LogP contribution in [0.25, 0.3) is 0 Å². The van der Waals surface area contributed by atoms with E-state index in [4.69, 9.17) is 0 Å². The molecule has 0 radical (unpaired) electrons. The number of hydrogen-bond donors (Lipinski definition) is 2. The van der Waals surface area contributed by atoms with Gasteiger partial charge >= 0.3 is 0 Å². The molecule has 4 nitrogen and oxygen atoms in total. The molecule has 0 aromatic carbocycles. The molecule has 1 aromatic heterocycles. The third kappa shape index (κ3) is 4.46. The van der Waals surface area contributed by atoms with Crippen LogP contribution < -0.4 is 5.32 Å². The Morgan fingerprint density at radius 2 is 2.29 bits per heavy atom. The van der Waals surface area contributed by atoms with E-state index in [-0.39, 0.29) is 18.5 Å². The maximum absolute atomic E-state index is 11.6. The summed E-state index contributed by atoms with van der Waals surface area (Å²) in [5.41, 5.74) is 0.896. The summed E-state index contributed by atoms with van der Waals surface area (Å²) in [7, 11) is 1.78. The molecule has 1 heterocycles. The van der Waals surface area contributed by atoms with E-state index in [2.05, 4.69) is 5.32 Å². The molecule has 0 bridgehead atoms.